The Morgan fingerprint density at radius 1 is 1.00 bits per heavy atom. The van der Waals surface area contributed by atoms with Crippen LogP contribution in [0.4, 0.5) is 0 Å². The Balaban J connectivity index is 1.50. The zero-order valence-corrected chi connectivity index (χ0v) is 15.8. The third kappa shape index (κ3) is 3.04. The molecule has 29 heavy (non-hydrogen) atoms. The van der Waals surface area contributed by atoms with Crippen LogP contribution in [-0.2, 0) is 4.74 Å². The summed E-state index contributed by atoms with van der Waals surface area (Å²) in [5, 5.41) is 9.56. The molecule has 5 aromatic rings. The van der Waals surface area contributed by atoms with Gasteiger partial charge in [0.15, 0.2) is 5.65 Å². The topological polar surface area (TPSA) is 83.7 Å². The number of nitrogens with zero attached hydrogens (tertiary/aromatic N) is 2. The van der Waals surface area contributed by atoms with Gasteiger partial charge in [-0.15, -0.1) is 0 Å². The maximum Gasteiger partial charge on any atom is 0.338 e. The summed E-state index contributed by atoms with van der Waals surface area (Å²) in [6, 6.07) is 19.6. The summed E-state index contributed by atoms with van der Waals surface area (Å²) in [4.78, 5) is 19.8. The molecule has 3 heterocycles. The lowest BCUT2D eigenvalue weighted by atomic mass is 10.1. The molecule has 5 rings (SSSR count). The van der Waals surface area contributed by atoms with Crippen LogP contribution in [0.1, 0.15) is 17.3 Å². The van der Waals surface area contributed by atoms with Gasteiger partial charge in [0.1, 0.15) is 0 Å². The summed E-state index contributed by atoms with van der Waals surface area (Å²) in [6.07, 6.45) is 1.93. The average Bonchev–Trinajstić information content (AvgIpc) is 3.40. The summed E-state index contributed by atoms with van der Waals surface area (Å²) in [5.74, 6) is -0.320. The van der Waals surface area contributed by atoms with Gasteiger partial charge in [0.05, 0.1) is 23.6 Å². The molecular weight excluding hydrogens is 364 g/mol. The second-order valence-corrected chi connectivity index (χ2v) is 6.74. The van der Waals surface area contributed by atoms with Crippen LogP contribution in [-0.4, -0.2) is 32.7 Å². The van der Waals surface area contributed by atoms with E-state index in [0.717, 1.165) is 33.4 Å². The molecule has 0 amide bonds. The van der Waals surface area contributed by atoms with Crippen LogP contribution in [0.3, 0.4) is 0 Å². The first-order valence-electron chi connectivity index (χ1n) is 9.43. The molecular formula is C23H18N4O2. The van der Waals surface area contributed by atoms with E-state index in [-0.39, 0.29) is 5.97 Å². The van der Waals surface area contributed by atoms with Crippen LogP contribution in [0.2, 0.25) is 0 Å². The van der Waals surface area contributed by atoms with Crippen LogP contribution < -0.4 is 0 Å². The number of hydrogen-bond donors (Lipinski definition) is 2. The number of carbonyl (C=O) groups excluding carboxylic acids is 1. The molecule has 0 radical (unpaired) electrons. The van der Waals surface area contributed by atoms with Crippen molar-refractivity contribution in [2.45, 2.75) is 6.92 Å². The molecule has 3 aromatic heterocycles. The molecule has 0 unspecified atom stereocenters. The molecule has 0 bridgehead atoms. The van der Waals surface area contributed by atoms with E-state index >= 15 is 0 Å². The smallest absolute Gasteiger partial charge is 0.338 e. The first-order valence-corrected chi connectivity index (χ1v) is 9.43. The minimum atomic E-state index is -0.320. The van der Waals surface area contributed by atoms with Gasteiger partial charge < -0.3 is 9.72 Å². The van der Waals surface area contributed by atoms with E-state index in [2.05, 4.69) is 33.4 Å². The van der Waals surface area contributed by atoms with E-state index in [1.807, 2.05) is 36.5 Å². The van der Waals surface area contributed by atoms with Crippen molar-refractivity contribution in [2.24, 2.45) is 0 Å². The molecule has 142 valence electrons. The maximum atomic E-state index is 11.8. The summed E-state index contributed by atoms with van der Waals surface area (Å²) in [6.45, 7) is 2.15. The van der Waals surface area contributed by atoms with E-state index in [1.165, 1.54) is 5.39 Å². The molecule has 0 fully saturated rings. The lowest BCUT2D eigenvalue weighted by molar-refractivity contribution is 0.0526. The predicted octanol–water partition coefficient (Wildman–Crippen LogP) is 4.95. The van der Waals surface area contributed by atoms with Gasteiger partial charge in [0.25, 0.3) is 0 Å². The highest BCUT2D eigenvalue weighted by molar-refractivity contribution is 5.94. The van der Waals surface area contributed by atoms with Crippen molar-refractivity contribution in [2.75, 3.05) is 6.61 Å². The van der Waals surface area contributed by atoms with E-state index in [0.29, 0.717) is 17.8 Å². The van der Waals surface area contributed by atoms with Gasteiger partial charge >= 0.3 is 5.97 Å². The maximum absolute atomic E-state index is 11.8. The number of rotatable bonds is 4. The number of fused-ring (bicyclic) bond motifs is 2. The van der Waals surface area contributed by atoms with Crippen LogP contribution in [0.15, 0.2) is 66.9 Å². The quantitative estimate of drug-likeness (QED) is 0.431. The van der Waals surface area contributed by atoms with E-state index in [1.54, 1.807) is 19.1 Å². The first-order chi connectivity index (χ1) is 14.2. The van der Waals surface area contributed by atoms with Gasteiger partial charge in [-0.25, -0.2) is 9.78 Å². The molecule has 0 aliphatic carbocycles. The van der Waals surface area contributed by atoms with Gasteiger partial charge in [-0.2, -0.15) is 5.10 Å². The molecule has 6 nitrogen and oxygen atoms in total. The Labute approximate surface area is 166 Å². The first kappa shape index (κ1) is 17.2. The number of esters is 1. The van der Waals surface area contributed by atoms with Crippen molar-refractivity contribution >= 4 is 27.9 Å². The molecule has 0 aliphatic heterocycles. The number of pyridine rings is 1. The molecule has 2 N–H and O–H groups in total. The minimum absolute atomic E-state index is 0.320. The third-order valence-electron chi connectivity index (χ3n) is 4.95. The molecule has 2 aromatic carbocycles. The van der Waals surface area contributed by atoms with Gasteiger partial charge in [0.2, 0.25) is 0 Å². The van der Waals surface area contributed by atoms with Gasteiger partial charge in [-0.1, -0.05) is 24.3 Å². The highest BCUT2D eigenvalue weighted by Gasteiger charge is 2.12. The predicted molar refractivity (Wildman–Crippen MR) is 113 cm³/mol. The fourth-order valence-electron chi connectivity index (χ4n) is 3.47. The van der Waals surface area contributed by atoms with Crippen LogP contribution >= 0.6 is 0 Å². The highest BCUT2D eigenvalue weighted by Crippen LogP contribution is 2.29. The van der Waals surface area contributed by atoms with Crippen molar-refractivity contribution in [3.63, 3.8) is 0 Å². The number of aromatic nitrogens is 4. The Kier molecular flexibility index (Phi) is 4.09. The molecule has 6 heteroatoms. The van der Waals surface area contributed by atoms with E-state index in [9.17, 15) is 4.79 Å². The number of nitrogens with one attached hydrogen (secondary N) is 2. The SMILES string of the molecule is CCOC(=O)c1ccc(-c2[nH]nc3nc(-c4ccc5cc[nH]c5c4)ccc23)cc1. The number of hydrogen-bond acceptors (Lipinski definition) is 4. The van der Waals surface area contributed by atoms with Crippen molar-refractivity contribution in [3.8, 4) is 22.5 Å². The summed E-state index contributed by atoms with van der Waals surface area (Å²) < 4.78 is 5.03. The van der Waals surface area contributed by atoms with Crippen molar-refractivity contribution in [3.05, 3.63) is 72.4 Å². The zero-order valence-electron chi connectivity index (χ0n) is 15.8. The van der Waals surface area contributed by atoms with Crippen molar-refractivity contribution < 1.29 is 9.53 Å². The monoisotopic (exact) mass is 382 g/mol. The minimum Gasteiger partial charge on any atom is -0.462 e. The molecule has 0 saturated heterocycles. The standard InChI is InChI=1S/C23H18N4O2/c1-2-29-23(28)16-6-4-15(5-7-16)21-18-9-10-19(25-22(18)27-26-21)17-8-3-14-11-12-24-20(14)13-17/h3-13,24H,2H2,1H3,(H,25,26,27). The zero-order chi connectivity index (χ0) is 19.8. The van der Waals surface area contributed by atoms with Gasteiger partial charge in [-0.05, 0) is 48.7 Å². The third-order valence-corrected chi connectivity index (χ3v) is 4.95. The highest BCUT2D eigenvalue weighted by atomic mass is 16.5. The summed E-state index contributed by atoms with van der Waals surface area (Å²) in [5.41, 5.74) is 5.96. The second kappa shape index (κ2) is 6.91. The van der Waals surface area contributed by atoms with E-state index in [4.69, 9.17) is 9.72 Å². The summed E-state index contributed by atoms with van der Waals surface area (Å²) >= 11 is 0. The lowest BCUT2D eigenvalue weighted by Crippen LogP contribution is -2.04. The number of benzene rings is 2. The van der Waals surface area contributed by atoms with Crippen molar-refractivity contribution in [1.82, 2.24) is 20.2 Å². The average molecular weight is 382 g/mol. The normalized spacial score (nSPS) is 11.2. The number of H-pyrrole nitrogens is 2. The largest absolute Gasteiger partial charge is 0.462 e. The van der Waals surface area contributed by atoms with Gasteiger partial charge in [-0.3, -0.25) is 5.10 Å². The van der Waals surface area contributed by atoms with Crippen LogP contribution in [0.5, 0.6) is 0 Å². The number of ether oxygens (including phenoxy) is 1. The Hall–Kier alpha value is -3.93. The van der Waals surface area contributed by atoms with Crippen LogP contribution in [0, 0.1) is 0 Å². The van der Waals surface area contributed by atoms with Gasteiger partial charge in [0, 0.05) is 28.2 Å². The Bertz CT molecular complexity index is 1330. The lowest BCUT2D eigenvalue weighted by Gasteiger charge is -2.04. The molecule has 0 spiro atoms. The fourth-order valence-corrected chi connectivity index (χ4v) is 3.47. The second-order valence-electron chi connectivity index (χ2n) is 6.74. The summed E-state index contributed by atoms with van der Waals surface area (Å²) in [7, 11) is 0. The van der Waals surface area contributed by atoms with Crippen molar-refractivity contribution in [1.29, 1.82) is 0 Å². The number of carbonyl (C=O) groups is 1. The Morgan fingerprint density at radius 2 is 1.83 bits per heavy atom. The number of aromatic amines is 2. The molecule has 0 saturated carbocycles. The molecule has 0 atom stereocenters. The Morgan fingerprint density at radius 3 is 2.66 bits per heavy atom. The fraction of sp³-hybridized carbons (Fsp3) is 0.0870. The van der Waals surface area contributed by atoms with E-state index < -0.39 is 0 Å². The van der Waals surface area contributed by atoms with Crippen LogP contribution in [0.25, 0.3) is 44.5 Å². The molecule has 0 aliphatic rings.